The summed E-state index contributed by atoms with van der Waals surface area (Å²) >= 11 is 0. The number of rotatable bonds is 3. The van der Waals surface area contributed by atoms with Crippen molar-refractivity contribution < 1.29 is 0 Å². The maximum absolute atomic E-state index is 5.62. The van der Waals surface area contributed by atoms with E-state index in [1.54, 1.807) is 0 Å². The number of aryl methyl sites for hydroxylation is 1. The van der Waals surface area contributed by atoms with Crippen molar-refractivity contribution in [3.8, 4) is 0 Å². The molecule has 0 amide bonds. The second-order valence-corrected chi connectivity index (χ2v) is 4.75. The normalized spacial score (nSPS) is 11.1. The van der Waals surface area contributed by atoms with Crippen LogP contribution in [0.4, 0.5) is 0 Å². The number of fused-ring (bicyclic) bond motifs is 1. The van der Waals surface area contributed by atoms with Gasteiger partial charge in [-0.25, -0.2) is 4.98 Å². The van der Waals surface area contributed by atoms with Gasteiger partial charge in [0.2, 0.25) is 0 Å². The Morgan fingerprint density at radius 1 is 1.00 bits per heavy atom. The molecule has 3 heteroatoms. The molecule has 1 heterocycles. The third-order valence-corrected chi connectivity index (χ3v) is 3.44. The van der Waals surface area contributed by atoms with Crippen molar-refractivity contribution in [2.24, 2.45) is 5.73 Å². The summed E-state index contributed by atoms with van der Waals surface area (Å²) in [4.78, 5) is 4.59. The average molecular weight is 251 g/mol. The van der Waals surface area contributed by atoms with E-state index in [1.807, 2.05) is 13.0 Å². The maximum atomic E-state index is 5.62. The fourth-order valence-corrected chi connectivity index (χ4v) is 2.36. The minimum absolute atomic E-state index is 0.591. The number of aromatic nitrogens is 2. The summed E-state index contributed by atoms with van der Waals surface area (Å²) in [5.41, 5.74) is 10.3. The summed E-state index contributed by atoms with van der Waals surface area (Å²) in [7, 11) is 0. The van der Waals surface area contributed by atoms with Crippen molar-refractivity contribution in [1.29, 1.82) is 0 Å². The largest absolute Gasteiger partial charge is 0.326 e. The highest BCUT2D eigenvalue weighted by molar-refractivity contribution is 5.75. The van der Waals surface area contributed by atoms with E-state index in [-0.39, 0.29) is 0 Å². The predicted molar refractivity (Wildman–Crippen MR) is 77.9 cm³/mol. The molecule has 0 atom stereocenters. The molecule has 96 valence electrons. The van der Waals surface area contributed by atoms with Gasteiger partial charge in [-0.05, 0) is 30.2 Å². The molecular formula is C16H17N3. The van der Waals surface area contributed by atoms with Crippen LogP contribution in [0.3, 0.4) is 0 Å². The molecule has 3 rings (SSSR count). The molecule has 0 aliphatic carbocycles. The van der Waals surface area contributed by atoms with Crippen LogP contribution in [0, 0.1) is 6.92 Å². The molecular weight excluding hydrogens is 234 g/mol. The van der Waals surface area contributed by atoms with Gasteiger partial charge in [-0.2, -0.15) is 0 Å². The number of hydrogen-bond acceptors (Lipinski definition) is 2. The molecule has 0 spiro atoms. The maximum Gasteiger partial charge on any atom is 0.107 e. The van der Waals surface area contributed by atoms with Crippen molar-refractivity contribution in [2.45, 2.75) is 20.0 Å². The Labute approximate surface area is 112 Å². The van der Waals surface area contributed by atoms with Gasteiger partial charge < -0.3 is 10.3 Å². The van der Waals surface area contributed by atoms with E-state index in [1.165, 1.54) is 11.1 Å². The van der Waals surface area contributed by atoms with E-state index in [4.69, 9.17) is 5.73 Å². The topological polar surface area (TPSA) is 43.8 Å². The van der Waals surface area contributed by atoms with Gasteiger partial charge in [-0.1, -0.05) is 36.4 Å². The summed E-state index contributed by atoms with van der Waals surface area (Å²) in [5, 5.41) is 0. The molecule has 0 fully saturated rings. The van der Waals surface area contributed by atoms with E-state index in [9.17, 15) is 0 Å². The SMILES string of the molecule is Cc1nc2ccccc2n1Cc1ccc(CN)cc1. The highest BCUT2D eigenvalue weighted by Gasteiger charge is 2.06. The van der Waals surface area contributed by atoms with Gasteiger partial charge in [0, 0.05) is 13.1 Å². The Balaban J connectivity index is 1.98. The van der Waals surface area contributed by atoms with Crippen molar-refractivity contribution in [3.05, 3.63) is 65.5 Å². The smallest absolute Gasteiger partial charge is 0.107 e. The summed E-state index contributed by atoms with van der Waals surface area (Å²) < 4.78 is 2.24. The molecule has 19 heavy (non-hydrogen) atoms. The fraction of sp³-hybridized carbons (Fsp3) is 0.188. The Bertz CT molecular complexity index is 696. The van der Waals surface area contributed by atoms with E-state index in [0.29, 0.717) is 6.54 Å². The number of benzene rings is 2. The summed E-state index contributed by atoms with van der Waals surface area (Å²) in [6.07, 6.45) is 0. The zero-order valence-corrected chi connectivity index (χ0v) is 11.0. The zero-order valence-electron chi connectivity index (χ0n) is 11.0. The lowest BCUT2D eigenvalue weighted by molar-refractivity contribution is 0.785. The standard InChI is InChI=1S/C16H17N3/c1-12-18-15-4-2-3-5-16(15)19(12)11-14-8-6-13(10-17)7-9-14/h2-9H,10-11,17H2,1H3. The minimum Gasteiger partial charge on any atom is -0.326 e. The van der Waals surface area contributed by atoms with Gasteiger partial charge in [-0.15, -0.1) is 0 Å². The van der Waals surface area contributed by atoms with Gasteiger partial charge in [0.25, 0.3) is 0 Å². The number of hydrogen-bond donors (Lipinski definition) is 1. The monoisotopic (exact) mass is 251 g/mol. The van der Waals surface area contributed by atoms with Crippen molar-refractivity contribution in [1.82, 2.24) is 9.55 Å². The second-order valence-electron chi connectivity index (χ2n) is 4.75. The van der Waals surface area contributed by atoms with E-state index >= 15 is 0 Å². The van der Waals surface area contributed by atoms with Crippen LogP contribution in [0.25, 0.3) is 11.0 Å². The number of para-hydroxylation sites is 2. The summed E-state index contributed by atoms with van der Waals surface area (Å²) in [6.45, 7) is 3.48. The lowest BCUT2D eigenvalue weighted by Gasteiger charge is -2.07. The van der Waals surface area contributed by atoms with Gasteiger partial charge in [-0.3, -0.25) is 0 Å². The molecule has 0 saturated heterocycles. The Morgan fingerprint density at radius 3 is 2.42 bits per heavy atom. The molecule has 3 aromatic rings. The summed E-state index contributed by atoms with van der Waals surface area (Å²) in [5.74, 6) is 1.05. The van der Waals surface area contributed by atoms with E-state index < -0.39 is 0 Å². The number of nitrogens with zero attached hydrogens (tertiary/aromatic N) is 2. The molecule has 2 N–H and O–H groups in total. The van der Waals surface area contributed by atoms with Gasteiger partial charge in [0.05, 0.1) is 11.0 Å². The van der Waals surface area contributed by atoms with Crippen molar-refractivity contribution in [2.75, 3.05) is 0 Å². The van der Waals surface area contributed by atoms with Crippen molar-refractivity contribution in [3.63, 3.8) is 0 Å². The lowest BCUT2D eigenvalue weighted by Crippen LogP contribution is -2.02. The Morgan fingerprint density at radius 2 is 1.68 bits per heavy atom. The van der Waals surface area contributed by atoms with Crippen LogP contribution in [-0.4, -0.2) is 9.55 Å². The van der Waals surface area contributed by atoms with Crippen molar-refractivity contribution >= 4 is 11.0 Å². The van der Waals surface area contributed by atoms with Gasteiger partial charge >= 0.3 is 0 Å². The first-order chi connectivity index (χ1) is 9.28. The number of imidazole rings is 1. The summed E-state index contributed by atoms with van der Waals surface area (Å²) in [6, 6.07) is 16.7. The molecule has 0 radical (unpaired) electrons. The Kier molecular flexibility index (Phi) is 3.05. The van der Waals surface area contributed by atoms with Crippen LogP contribution < -0.4 is 5.73 Å². The molecule has 1 aromatic heterocycles. The van der Waals surface area contributed by atoms with Crippen LogP contribution >= 0.6 is 0 Å². The molecule has 0 saturated carbocycles. The van der Waals surface area contributed by atoms with E-state index in [2.05, 4.69) is 52.0 Å². The van der Waals surface area contributed by atoms with Crippen LogP contribution in [0.1, 0.15) is 17.0 Å². The number of nitrogens with two attached hydrogens (primary N) is 1. The highest BCUT2D eigenvalue weighted by Crippen LogP contribution is 2.17. The minimum atomic E-state index is 0.591. The van der Waals surface area contributed by atoms with Crippen LogP contribution in [0.5, 0.6) is 0 Å². The molecule has 0 aliphatic heterocycles. The molecule has 0 unspecified atom stereocenters. The fourth-order valence-electron chi connectivity index (χ4n) is 2.36. The van der Waals surface area contributed by atoms with E-state index in [0.717, 1.165) is 23.4 Å². The van der Waals surface area contributed by atoms with Gasteiger partial charge in [0.15, 0.2) is 0 Å². The lowest BCUT2D eigenvalue weighted by atomic mass is 10.1. The van der Waals surface area contributed by atoms with Crippen LogP contribution in [0.2, 0.25) is 0 Å². The quantitative estimate of drug-likeness (QED) is 0.778. The van der Waals surface area contributed by atoms with Crippen LogP contribution in [-0.2, 0) is 13.1 Å². The molecule has 0 bridgehead atoms. The first kappa shape index (κ1) is 11.9. The first-order valence-electron chi connectivity index (χ1n) is 6.47. The van der Waals surface area contributed by atoms with Crippen LogP contribution in [0.15, 0.2) is 48.5 Å². The third-order valence-electron chi connectivity index (χ3n) is 3.44. The molecule has 0 aliphatic rings. The third kappa shape index (κ3) is 2.25. The van der Waals surface area contributed by atoms with Gasteiger partial charge in [0.1, 0.15) is 5.82 Å². The molecule has 2 aromatic carbocycles. The zero-order chi connectivity index (χ0) is 13.2. The average Bonchev–Trinajstić information content (AvgIpc) is 2.76. The first-order valence-corrected chi connectivity index (χ1v) is 6.47. The molecule has 3 nitrogen and oxygen atoms in total. The second kappa shape index (κ2) is 4.86. The Hall–Kier alpha value is -2.13. The highest BCUT2D eigenvalue weighted by atomic mass is 15.1. The predicted octanol–water partition coefficient (Wildman–Crippen LogP) is 2.85.